The van der Waals surface area contributed by atoms with Gasteiger partial charge in [-0.05, 0) is 33.8 Å². The number of hydrogen-bond donors (Lipinski definition) is 0. The van der Waals surface area contributed by atoms with Gasteiger partial charge in [0.25, 0.3) is 0 Å². The molecule has 0 atom stereocenters. The van der Waals surface area contributed by atoms with E-state index in [1.165, 1.54) is 0 Å². The van der Waals surface area contributed by atoms with Gasteiger partial charge in [-0.1, -0.05) is 0 Å². The maximum absolute atomic E-state index is 9.22. The molecule has 0 radical (unpaired) electrons. The molecule has 5 heteroatoms. The Morgan fingerprint density at radius 2 is 1.89 bits per heavy atom. The minimum absolute atomic E-state index is 0.665. The van der Waals surface area contributed by atoms with Crippen molar-refractivity contribution in [3.63, 3.8) is 0 Å². The highest BCUT2D eigenvalue weighted by Crippen LogP contribution is 2.33. The molecule has 4 nitrogen and oxygen atoms in total. The third-order valence-electron chi connectivity index (χ3n) is 2.86. The van der Waals surface area contributed by atoms with Crippen LogP contribution in [0.1, 0.15) is 28.8 Å². The molecule has 0 unspecified atom stereocenters. The Labute approximate surface area is 117 Å². The van der Waals surface area contributed by atoms with Crippen LogP contribution in [0.4, 0.5) is 11.6 Å². The molecule has 0 aromatic carbocycles. The summed E-state index contributed by atoms with van der Waals surface area (Å²) in [5.41, 5.74) is 3.49. The Kier molecular flexibility index (Phi) is 3.82. The third kappa shape index (κ3) is 2.59. The highest BCUT2D eigenvalue weighted by molar-refractivity contribution is 7.10. The second-order valence-electron chi connectivity index (χ2n) is 4.36. The zero-order valence-corrected chi connectivity index (χ0v) is 12.4. The number of aromatic nitrogens is 2. The van der Waals surface area contributed by atoms with E-state index in [1.54, 1.807) is 11.3 Å². The standard InChI is InChI=1S/C14H16N4S/c1-5-18(13-11(4)19-8-12(13)7-15)14-16-9(2)6-10(3)17-14/h6,8H,5H2,1-4H3. The van der Waals surface area contributed by atoms with Crippen molar-refractivity contribution in [2.75, 3.05) is 11.4 Å². The molecule has 2 rings (SSSR count). The van der Waals surface area contributed by atoms with Gasteiger partial charge in [0.2, 0.25) is 5.95 Å². The van der Waals surface area contributed by atoms with Crippen LogP contribution < -0.4 is 4.90 Å². The second-order valence-corrected chi connectivity index (χ2v) is 5.44. The van der Waals surface area contributed by atoms with Crippen LogP contribution in [0.2, 0.25) is 0 Å². The van der Waals surface area contributed by atoms with Crippen molar-refractivity contribution in [2.45, 2.75) is 27.7 Å². The van der Waals surface area contributed by atoms with E-state index in [4.69, 9.17) is 0 Å². The number of anilines is 2. The molecule has 19 heavy (non-hydrogen) atoms. The monoisotopic (exact) mass is 272 g/mol. The van der Waals surface area contributed by atoms with Crippen LogP contribution in [-0.2, 0) is 0 Å². The van der Waals surface area contributed by atoms with Gasteiger partial charge < -0.3 is 4.90 Å². The molecule has 2 aromatic rings. The summed E-state index contributed by atoms with van der Waals surface area (Å²) in [7, 11) is 0. The zero-order chi connectivity index (χ0) is 14.0. The van der Waals surface area contributed by atoms with E-state index in [1.807, 2.05) is 44.0 Å². The number of nitrogens with zero attached hydrogens (tertiary/aromatic N) is 4. The van der Waals surface area contributed by atoms with Crippen molar-refractivity contribution in [2.24, 2.45) is 0 Å². The van der Waals surface area contributed by atoms with Gasteiger partial charge in [-0.3, -0.25) is 0 Å². The van der Waals surface area contributed by atoms with E-state index >= 15 is 0 Å². The fraction of sp³-hybridized carbons (Fsp3) is 0.357. The van der Waals surface area contributed by atoms with Gasteiger partial charge >= 0.3 is 0 Å². The van der Waals surface area contributed by atoms with Crippen molar-refractivity contribution in [3.05, 3.63) is 33.3 Å². The first-order valence-electron chi connectivity index (χ1n) is 6.14. The van der Waals surface area contributed by atoms with E-state index < -0.39 is 0 Å². The summed E-state index contributed by atoms with van der Waals surface area (Å²) in [5, 5.41) is 11.1. The average Bonchev–Trinajstić information content (AvgIpc) is 2.71. The van der Waals surface area contributed by atoms with E-state index in [-0.39, 0.29) is 0 Å². The van der Waals surface area contributed by atoms with Gasteiger partial charge in [-0.2, -0.15) is 5.26 Å². The quantitative estimate of drug-likeness (QED) is 0.858. The van der Waals surface area contributed by atoms with E-state index in [0.717, 1.165) is 28.5 Å². The summed E-state index contributed by atoms with van der Waals surface area (Å²) < 4.78 is 0. The zero-order valence-electron chi connectivity index (χ0n) is 11.6. The molecule has 0 bridgehead atoms. The largest absolute Gasteiger partial charge is 0.308 e. The van der Waals surface area contributed by atoms with E-state index in [2.05, 4.69) is 16.0 Å². The molecule has 0 aliphatic heterocycles. The van der Waals surface area contributed by atoms with Crippen molar-refractivity contribution in [1.29, 1.82) is 5.26 Å². The van der Waals surface area contributed by atoms with E-state index in [0.29, 0.717) is 11.5 Å². The molecule has 0 spiro atoms. The average molecular weight is 272 g/mol. The Balaban J connectivity index is 2.56. The van der Waals surface area contributed by atoms with Gasteiger partial charge in [0.15, 0.2) is 0 Å². The molecule has 0 saturated carbocycles. The lowest BCUT2D eigenvalue weighted by Crippen LogP contribution is -2.20. The number of hydrogen-bond acceptors (Lipinski definition) is 5. The van der Waals surface area contributed by atoms with Crippen molar-refractivity contribution in [1.82, 2.24) is 9.97 Å². The molecular formula is C14H16N4S. The highest BCUT2D eigenvalue weighted by Gasteiger charge is 2.18. The lowest BCUT2D eigenvalue weighted by atomic mass is 10.2. The minimum Gasteiger partial charge on any atom is -0.308 e. The molecule has 0 fully saturated rings. The van der Waals surface area contributed by atoms with Gasteiger partial charge in [-0.25, -0.2) is 9.97 Å². The Bertz CT molecular complexity index is 619. The molecule has 98 valence electrons. The first-order chi connectivity index (χ1) is 9.06. The molecule has 0 N–H and O–H groups in total. The number of aryl methyl sites for hydroxylation is 3. The molecule has 0 amide bonds. The van der Waals surface area contributed by atoms with Crippen molar-refractivity contribution >= 4 is 23.0 Å². The highest BCUT2D eigenvalue weighted by atomic mass is 32.1. The van der Waals surface area contributed by atoms with Crippen LogP contribution in [0.5, 0.6) is 0 Å². The number of thiophene rings is 1. The van der Waals surface area contributed by atoms with Crippen LogP contribution in [-0.4, -0.2) is 16.5 Å². The first kappa shape index (κ1) is 13.5. The molecule has 2 heterocycles. The lowest BCUT2D eigenvalue weighted by Gasteiger charge is -2.22. The van der Waals surface area contributed by atoms with Crippen LogP contribution in [0.25, 0.3) is 0 Å². The van der Waals surface area contributed by atoms with Gasteiger partial charge in [0.1, 0.15) is 6.07 Å². The van der Waals surface area contributed by atoms with Crippen LogP contribution >= 0.6 is 11.3 Å². The maximum Gasteiger partial charge on any atom is 0.230 e. The SMILES string of the molecule is CCN(c1nc(C)cc(C)n1)c1c(C#N)csc1C. The van der Waals surface area contributed by atoms with Crippen LogP contribution in [0.15, 0.2) is 11.4 Å². The molecule has 0 saturated heterocycles. The predicted octanol–water partition coefficient (Wildman–Crippen LogP) is 3.49. The summed E-state index contributed by atoms with van der Waals surface area (Å²) in [6.07, 6.45) is 0. The first-order valence-corrected chi connectivity index (χ1v) is 7.02. The fourth-order valence-corrected chi connectivity index (χ4v) is 2.88. The number of rotatable bonds is 3. The smallest absolute Gasteiger partial charge is 0.230 e. The molecule has 2 aromatic heterocycles. The van der Waals surface area contributed by atoms with Crippen molar-refractivity contribution < 1.29 is 0 Å². The van der Waals surface area contributed by atoms with Crippen LogP contribution in [0, 0.1) is 32.1 Å². The Morgan fingerprint density at radius 1 is 1.26 bits per heavy atom. The minimum atomic E-state index is 0.665. The van der Waals surface area contributed by atoms with Gasteiger partial charge in [-0.15, -0.1) is 11.3 Å². The Hall–Kier alpha value is -1.93. The topological polar surface area (TPSA) is 52.8 Å². The summed E-state index contributed by atoms with van der Waals surface area (Å²) in [6, 6.07) is 4.19. The molecule has 0 aliphatic rings. The van der Waals surface area contributed by atoms with Gasteiger partial charge in [0, 0.05) is 28.2 Å². The van der Waals surface area contributed by atoms with Crippen LogP contribution in [0.3, 0.4) is 0 Å². The fourth-order valence-electron chi connectivity index (χ4n) is 2.09. The summed E-state index contributed by atoms with van der Waals surface area (Å²) >= 11 is 1.58. The summed E-state index contributed by atoms with van der Waals surface area (Å²) in [5.74, 6) is 0.665. The second kappa shape index (κ2) is 5.37. The number of nitriles is 1. The predicted molar refractivity (Wildman–Crippen MR) is 78.0 cm³/mol. The normalized spacial score (nSPS) is 10.3. The Morgan fingerprint density at radius 3 is 2.42 bits per heavy atom. The molecular weight excluding hydrogens is 256 g/mol. The maximum atomic E-state index is 9.22. The summed E-state index contributed by atoms with van der Waals surface area (Å²) in [4.78, 5) is 12.1. The lowest BCUT2D eigenvalue weighted by molar-refractivity contribution is 0.918. The van der Waals surface area contributed by atoms with Crippen molar-refractivity contribution in [3.8, 4) is 6.07 Å². The third-order valence-corrected chi connectivity index (χ3v) is 3.76. The molecule has 0 aliphatic carbocycles. The van der Waals surface area contributed by atoms with E-state index in [9.17, 15) is 5.26 Å². The van der Waals surface area contributed by atoms with Gasteiger partial charge in [0.05, 0.1) is 11.3 Å². The summed E-state index contributed by atoms with van der Waals surface area (Å²) in [6.45, 7) is 8.70.